The predicted octanol–water partition coefficient (Wildman–Crippen LogP) is 2.17. The summed E-state index contributed by atoms with van der Waals surface area (Å²) in [5, 5.41) is 11.4. The van der Waals surface area contributed by atoms with E-state index >= 15 is 0 Å². The molecule has 7 nitrogen and oxygen atoms in total. The van der Waals surface area contributed by atoms with Crippen molar-refractivity contribution < 1.29 is 14.7 Å². The number of amides is 1. The molecule has 2 heterocycles. The van der Waals surface area contributed by atoms with E-state index in [1.165, 1.54) is 6.20 Å². The smallest absolute Gasteiger partial charge is 0.354 e. The third-order valence-electron chi connectivity index (χ3n) is 2.12. The van der Waals surface area contributed by atoms with Crippen LogP contribution in [-0.4, -0.2) is 31.9 Å². The number of H-pyrrole nitrogens is 1. The standard InChI is InChI=1S/C10H6BrClN4O3/c11-4-1-5(8(12)13-2-4)16-9(17)6-7(10(18)19)15-3-14-6/h1-3H,(H,14,15)(H,16,17)(H,18,19). The third-order valence-corrected chi connectivity index (χ3v) is 2.86. The molecule has 1 amide bonds. The van der Waals surface area contributed by atoms with Crippen LogP contribution in [0, 0.1) is 0 Å². The molecule has 0 radical (unpaired) electrons. The zero-order chi connectivity index (χ0) is 14.0. The van der Waals surface area contributed by atoms with Gasteiger partial charge < -0.3 is 15.4 Å². The number of aromatic carboxylic acids is 1. The Kier molecular flexibility index (Phi) is 3.82. The number of hydrogen-bond acceptors (Lipinski definition) is 4. The van der Waals surface area contributed by atoms with Crippen molar-refractivity contribution in [2.75, 3.05) is 5.32 Å². The largest absolute Gasteiger partial charge is 0.477 e. The zero-order valence-electron chi connectivity index (χ0n) is 9.15. The van der Waals surface area contributed by atoms with Gasteiger partial charge in [0, 0.05) is 10.7 Å². The molecule has 0 aliphatic carbocycles. The lowest BCUT2D eigenvalue weighted by molar-refractivity contribution is 0.0686. The number of anilines is 1. The second-order valence-corrected chi connectivity index (χ2v) is 4.65. The summed E-state index contributed by atoms with van der Waals surface area (Å²) in [6, 6.07) is 1.54. The van der Waals surface area contributed by atoms with Crippen LogP contribution in [0.25, 0.3) is 0 Å². The van der Waals surface area contributed by atoms with Gasteiger partial charge in [0.15, 0.2) is 16.5 Å². The van der Waals surface area contributed by atoms with Gasteiger partial charge in [0.2, 0.25) is 0 Å². The number of nitrogens with zero attached hydrogens (tertiary/aromatic N) is 2. The van der Waals surface area contributed by atoms with Crippen molar-refractivity contribution in [3.8, 4) is 0 Å². The monoisotopic (exact) mass is 344 g/mol. The van der Waals surface area contributed by atoms with Gasteiger partial charge in [-0.3, -0.25) is 4.79 Å². The van der Waals surface area contributed by atoms with E-state index in [1.54, 1.807) is 6.07 Å². The number of aromatic nitrogens is 3. The Hall–Kier alpha value is -1.93. The fourth-order valence-electron chi connectivity index (χ4n) is 1.32. The lowest BCUT2D eigenvalue weighted by atomic mass is 10.3. The molecule has 9 heteroatoms. The highest BCUT2D eigenvalue weighted by Gasteiger charge is 2.20. The first-order valence-corrected chi connectivity index (χ1v) is 6.05. The van der Waals surface area contributed by atoms with Gasteiger partial charge in [0.25, 0.3) is 5.91 Å². The lowest BCUT2D eigenvalue weighted by Crippen LogP contribution is -2.17. The van der Waals surface area contributed by atoms with Gasteiger partial charge in [-0.2, -0.15) is 0 Å². The van der Waals surface area contributed by atoms with E-state index in [4.69, 9.17) is 16.7 Å². The number of hydrogen-bond donors (Lipinski definition) is 3. The molecular formula is C10H6BrClN4O3. The number of imidazole rings is 1. The summed E-state index contributed by atoms with van der Waals surface area (Å²) >= 11 is 9.00. The summed E-state index contributed by atoms with van der Waals surface area (Å²) < 4.78 is 0.618. The van der Waals surface area contributed by atoms with Crippen LogP contribution in [0.5, 0.6) is 0 Å². The number of carbonyl (C=O) groups is 2. The van der Waals surface area contributed by atoms with E-state index in [0.717, 1.165) is 6.33 Å². The maximum absolute atomic E-state index is 11.9. The number of carboxylic acid groups (broad SMARTS) is 1. The Morgan fingerprint density at radius 1 is 1.42 bits per heavy atom. The van der Waals surface area contributed by atoms with Crippen LogP contribution < -0.4 is 5.32 Å². The van der Waals surface area contributed by atoms with Crippen molar-refractivity contribution >= 4 is 45.1 Å². The molecule has 0 saturated heterocycles. The molecule has 0 aromatic carbocycles. The Balaban J connectivity index is 2.28. The summed E-state index contributed by atoms with van der Waals surface area (Å²) in [7, 11) is 0. The minimum atomic E-state index is -1.28. The Morgan fingerprint density at radius 3 is 2.84 bits per heavy atom. The second-order valence-electron chi connectivity index (χ2n) is 3.38. The molecule has 0 fully saturated rings. The number of nitrogens with one attached hydrogen (secondary N) is 2. The predicted molar refractivity (Wildman–Crippen MR) is 70.4 cm³/mol. The van der Waals surface area contributed by atoms with Gasteiger partial charge in [-0.05, 0) is 22.0 Å². The van der Waals surface area contributed by atoms with Crippen LogP contribution in [0.1, 0.15) is 21.0 Å². The fourth-order valence-corrected chi connectivity index (χ4v) is 1.80. The topological polar surface area (TPSA) is 108 Å². The third kappa shape index (κ3) is 2.91. The molecule has 3 N–H and O–H groups in total. The number of aromatic amines is 1. The molecule has 0 unspecified atom stereocenters. The normalized spacial score (nSPS) is 10.2. The molecule has 0 atom stereocenters. The molecule has 2 aromatic rings. The van der Waals surface area contributed by atoms with Crippen molar-refractivity contribution in [1.29, 1.82) is 0 Å². The van der Waals surface area contributed by atoms with Gasteiger partial charge in [-0.25, -0.2) is 14.8 Å². The molecule has 2 aromatic heterocycles. The van der Waals surface area contributed by atoms with Crippen LogP contribution in [0.3, 0.4) is 0 Å². The van der Waals surface area contributed by atoms with Gasteiger partial charge in [-0.15, -0.1) is 0 Å². The summed E-state index contributed by atoms with van der Waals surface area (Å²) in [5.74, 6) is -1.97. The first kappa shape index (κ1) is 13.5. The summed E-state index contributed by atoms with van der Waals surface area (Å²) in [6.07, 6.45) is 2.59. The van der Waals surface area contributed by atoms with E-state index < -0.39 is 11.9 Å². The van der Waals surface area contributed by atoms with Gasteiger partial charge in [0.1, 0.15) is 0 Å². The van der Waals surface area contributed by atoms with Crippen molar-refractivity contribution in [2.45, 2.75) is 0 Å². The molecule has 98 valence electrons. The molecule has 2 rings (SSSR count). The molecule has 0 spiro atoms. The van der Waals surface area contributed by atoms with Crippen molar-refractivity contribution in [1.82, 2.24) is 15.0 Å². The molecular weight excluding hydrogens is 339 g/mol. The van der Waals surface area contributed by atoms with Crippen LogP contribution in [0.2, 0.25) is 5.15 Å². The SMILES string of the molecule is O=C(Nc1cc(Br)cnc1Cl)c1nc[nH]c1C(=O)O. The molecule has 0 saturated carbocycles. The zero-order valence-corrected chi connectivity index (χ0v) is 11.5. The Labute approximate surface area is 120 Å². The summed E-state index contributed by atoms with van der Waals surface area (Å²) in [4.78, 5) is 32.6. The van der Waals surface area contributed by atoms with Crippen LogP contribution in [0.15, 0.2) is 23.1 Å². The van der Waals surface area contributed by atoms with Gasteiger partial charge in [0.05, 0.1) is 12.0 Å². The van der Waals surface area contributed by atoms with Crippen molar-refractivity contribution in [3.05, 3.63) is 39.6 Å². The number of carboxylic acids is 1. The average Bonchev–Trinajstić information content (AvgIpc) is 2.83. The van der Waals surface area contributed by atoms with E-state index in [1.807, 2.05) is 0 Å². The summed E-state index contributed by atoms with van der Waals surface area (Å²) in [6.45, 7) is 0. The van der Waals surface area contributed by atoms with Gasteiger partial charge >= 0.3 is 5.97 Å². The van der Waals surface area contributed by atoms with Gasteiger partial charge in [-0.1, -0.05) is 11.6 Å². The van der Waals surface area contributed by atoms with Crippen LogP contribution in [-0.2, 0) is 0 Å². The molecule has 0 aliphatic heterocycles. The summed E-state index contributed by atoms with van der Waals surface area (Å²) in [5.41, 5.74) is -0.277. The Bertz CT molecular complexity index is 658. The minimum absolute atomic E-state index is 0.0870. The van der Waals surface area contributed by atoms with Crippen molar-refractivity contribution in [2.24, 2.45) is 0 Å². The molecule has 19 heavy (non-hydrogen) atoms. The number of carbonyl (C=O) groups excluding carboxylic acids is 1. The maximum atomic E-state index is 11.9. The van der Waals surface area contributed by atoms with E-state index in [0.29, 0.717) is 4.47 Å². The van der Waals surface area contributed by atoms with E-state index in [2.05, 4.69) is 36.2 Å². The highest BCUT2D eigenvalue weighted by atomic mass is 79.9. The number of rotatable bonds is 3. The fraction of sp³-hybridized carbons (Fsp3) is 0. The highest BCUT2D eigenvalue weighted by Crippen LogP contribution is 2.23. The maximum Gasteiger partial charge on any atom is 0.354 e. The van der Waals surface area contributed by atoms with E-state index in [9.17, 15) is 9.59 Å². The quantitative estimate of drug-likeness (QED) is 0.739. The number of halogens is 2. The second kappa shape index (κ2) is 5.37. The highest BCUT2D eigenvalue weighted by molar-refractivity contribution is 9.10. The van der Waals surface area contributed by atoms with Crippen molar-refractivity contribution in [3.63, 3.8) is 0 Å². The average molecular weight is 346 g/mol. The van der Waals surface area contributed by atoms with Crippen LogP contribution in [0.4, 0.5) is 5.69 Å². The van der Waals surface area contributed by atoms with E-state index in [-0.39, 0.29) is 22.2 Å². The Morgan fingerprint density at radius 2 is 2.16 bits per heavy atom. The first-order chi connectivity index (χ1) is 8.99. The molecule has 0 aliphatic rings. The number of pyridine rings is 1. The molecule has 0 bridgehead atoms. The van der Waals surface area contributed by atoms with Crippen LogP contribution >= 0.6 is 27.5 Å². The lowest BCUT2D eigenvalue weighted by Gasteiger charge is -2.05. The minimum Gasteiger partial charge on any atom is -0.477 e. The first-order valence-electron chi connectivity index (χ1n) is 4.88.